The van der Waals surface area contributed by atoms with Crippen LogP contribution < -0.4 is 11.1 Å². The maximum atomic E-state index is 11.5. The Morgan fingerprint density at radius 3 is 2.87 bits per heavy atom. The maximum Gasteiger partial charge on any atom is 0.267 e. The van der Waals surface area contributed by atoms with Crippen LogP contribution in [0.1, 0.15) is 17.4 Å². The van der Waals surface area contributed by atoms with Crippen molar-refractivity contribution in [2.45, 2.75) is 12.2 Å². The van der Waals surface area contributed by atoms with E-state index in [4.69, 9.17) is 5.73 Å². The molecule has 84 valence electrons. The molecule has 0 aromatic carbocycles. The second-order valence-corrected chi connectivity index (χ2v) is 5.17. The zero-order valence-electron chi connectivity index (χ0n) is 8.74. The fraction of sp³-hybridized carbons (Fsp3) is 0.444. The highest BCUT2D eigenvalue weighted by atomic mass is 32.2. The molecular formula is C9H15N3O2S. The van der Waals surface area contributed by atoms with Crippen molar-refractivity contribution in [2.75, 3.05) is 18.5 Å². The van der Waals surface area contributed by atoms with E-state index in [1.165, 1.54) is 0 Å². The lowest BCUT2D eigenvalue weighted by Gasteiger charge is -2.08. The van der Waals surface area contributed by atoms with Gasteiger partial charge in [0.05, 0.1) is 0 Å². The van der Waals surface area contributed by atoms with Gasteiger partial charge in [0.15, 0.2) is 0 Å². The molecule has 1 rings (SSSR count). The molecule has 2 unspecified atom stereocenters. The monoisotopic (exact) mass is 229 g/mol. The highest BCUT2D eigenvalue weighted by Gasteiger charge is 2.10. The number of nitrogen functional groups attached to an aromatic ring is 1. The van der Waals surface area contributed by atoms with Gasteiger partial charge in [-0.3, -0.25) is 9.00 Å². The largest absolute Gasteiger partial charge is 0.397 e. The van der Waals surface area contributed by atoms with Crippen LogP contribution in [-0.4, -0.2) is 33.2 Å². The molecular weight excluding hydrogens is 214 g/mol. The van der Waals surface area contributed by atoms with Crippen molar-refractivity contribution in [2.24, 2.45) is 0 Å². The van der Waals surface area contributed by atoms with Crippen molar-refractivity contribution in [1.29, 1.82) is 0 Å². The van der Waals surface area contributed by atoms with Gasteiger partial charge in [-0.2, -0.15) is 0 Å². The van der Waals surface area contributed by atoms with Gasteiger partial charge < -0.3 is 16.0 Å². The van der Waals surface area contributed by atoms with Gasteiger partial charge in [0.2, 0.25) is 0 Å². The number of carbonyl (C=O) groups excluding carboxylic acids is 1. The predicted molar refractivity (Wildman–Crippen MR) is 61.1 cm³/mol. The lowest BCUT2D eigenvalue weighted by atomic mass is 10.3. The summed E-state index contributed by atoms with van der Waals surface area (Å²) in [4.78, 5) is 14.2. The van der Waals surface area contributed by atoms with Crippen LogP contribution >= 0.6 is 0 Å². The summed E-state index contributed by atoms with van der Waals surface area (Å²) in [5, 5.41) is 2.62. The molecule has 0 aliphatic carbocycles. The number of aromatic nitrogens is 1. The van der Waals surface area contributed by atoms with Crippen LogP contribution in [0, 0.1) is 0 Å². The molecule has 0 saturated carbocycles. The molecule has 6 heteroatoms. The van der Waals surface area contributed by atoms with Gasteiger partial charge in [0.1, 0.15) is 5.69 Å². The molecule has 15 heavy (non-hydrogen) atoms. The van der Waals surface area contributed by atoms with E-state index in [9.17, 15) is 9.00 Å². The van der Waals surface area contributed by atoms with Crippen LogP contribution in [-0.2, 0) is 10.8 Å². The van der Waals surface area contributed by atoms with Crippen LogP contribution in [0.2, 0.25) is 0 Å². The van der Waals surface area contributed by atoms with Crippen molar-refractivity contribution in [3.63, 3.8) is 0 Å². The predicted octanol–water partition coefficient (Wildman–Crippen LogP) is 0.0937. The van der Waals surface area contributed by atoms with Gasteiger partial charge in [-0.1, -0.05) is 0 Å². The third-order valence-electron chi connectivity index (χ3n) is 2.07. The van der Waals surface area contributed by atoms with Gasteiger partial charge in [0.25, 0.3) is 5.91 Å². The van der Waals surface area contributed by atoms with Gasteiger partial charge in [-0.25, -0.2) is 0 Å². The summed E-state index contributed by atoms with van der Waals surface area (Å²) in [6.45, 7) is 2.21. The molecule has 4 N–H and O–H groups in total. The Balaban J connectivity index is 2.47. The van der Waals surface area contributed by atoms with Crippen molar-refractivity contribution in [3.8, 4) is 0 Å². The third-order valence-corrected chi connectivity index (χ3v) is 3.37. The van der Waals surface area contributed by atoms with Crippen molar-refractivity contribution < 1.29 is 9.00 Å². The van der Waals surface area contributed by atoms with Crippen molar-refractivity contribution >= 4 is 22.4 Å². The number of nitrogens with one attached hydrogen (secondary N) is 2. The SMILES string of the molecule is CC(CNC(=O)c1cc(N)c[nH]1)S(C)=O. The van der Waals surface area contributed by atoms with Crippen LogP contribution in [0.5, 0.6) is 0 Å². The first-order valence-corrected chi connectivity index (χ1v) is 6.17. The standard InChI is InChI=1S/C9H15N3O2S/c1-6(15(2)14)4-12-9(13)8-3-7(10)5-11-8/h3,5-6,11H,4,10H2,1-2H3,(H,12,13). The van der Waals surface area contributed by atoms with E-state index in [0.29, 0.717) is 17.9 Å². The molecule has 1 amide bonds. The second kappa shape index (κ2) is 4.97. The Labute approximate surface area is 90.9 Å². The van der Waals surface area contributed by atoms with E-state index in [1.54, 1.807) is 18.5 Å². The van der Waals surface area contributed by atoms with E-state index < -0.39 is 10.8 Å². The lowest BCUT2D eigenvalue weighted by molar-refractivity contribution is 0.0949. The fourth-order valence-corrected chi connectivity index (χ4v) is 1.31. The summed E-state index contributed by atoms with van der Waals surface area (Å²) < 4.78 is 11.0. The van der Waals surface area contributed by atoms with Crippen LogP contribution in [0.3, 0.4) is 0 Å². The molecule has 0 spiro atoms. The Kier molecular flexibility index (Phi) is 3.90. The normalized spacial score (nSPS) is 14.5. The number of nitrogens with two attached hydrogens (primary N) is 1. The number of H-pyrrole nitrogens is 1. The van der Waals surface area contributed by atoms with E-state index in [0.717, 1.165) is 0 Å². The second-order valence-electron chi connectivity index (χ2n) is 3.37. The number of amides is 1. The maximum absolute atomic E-state index is 11.5. The minimum Gasteiger partial charge on any atom is -0.397 e. The zero-order chi connectivity index (χ0) is 11.4. The number of rotatable bonds is 4. The molecule has 0 fully saturated rings. The quantitative estimate of drug-likeness (QED) is 0.684. The van der Waals surface area contributed by atoms with Gasteiger partial charge in [-0.15, -0.1) is 0 Å². The van der Waals surface area contributed by atoms with Crippen molar-refractivity contribution in [1.82, 2.24) is 10.3 Å². The van der Waals surface area contributed by atoms with Crippen LogP contribution in [0.15, 0.2) is 12.3 Å². The highest BCUT2D eigenvalue weighted by molar-refractivity contribution is 7.84. The molecule has 0 radical (unpaired) electrons. The molecule has 2 atom stereocenters. The van der Waals surface area contributed by atoms with E-state index in [2.05, 4.69) is 10.3 Å². The highest BCUT2D eigenvalue weighted by Crippen LogP contribution is 2.04. The summed E-state index contributed by atoms with van der Waals surface area (Å²) in [6, 6.07) is 1.56. The summed E-state index contributed by atoms with van der Waals surface area (Å²) in [5.74, 6) is -0.232. The Morgan fingerprint density at radius 2 is 2.40 bits per heavy atom. The summed E-state index contributed by atoms with van der Waals surface area (Å²) in [5.41, 5.74) is 6.40. The molecule has 1 heterocycles. The summed E-state index contributed by atoms with van der Waals surface area (Å²) >= 11 is 0. The van der Waals surface area contributed by atoms with Crippen molar-refractivity contribution in [3.05, 3.63) is 18.0 Å². The Hall–Kier alpha value is -1.30. The lowest BCUT2D eigenvalue weighted by Crippen LogP contribution is -2.32. The van der Waals surface area contributed by atoms with E-state index in [-0.39, 0.29) is 11.2 Å². The number of anilines is 1. The number of hydrogen-bond donors (Lipinski definition) is 3. The fourth-order valence-electron chi connectivity index (χ4n) is 0.991. The third kappa shape index (κ3) is 3.39. The minimum atomic E-state index is -0.928. The summed E-state index contributed by atoms with van der Waals surface area (Å²) in [6.07, 6.45) is 3.17. The first-order valence-electron chi connectivity index (χ1n) is 4.55. The summed E-state index contributed by atoms with van der Waals surface area (Å²) in [7, 11) is -0.928. The zero-order valence-corrected chi connectivity index (χ0v) is 9.56. The Bertz CT molecular complexity index is 375. The van der Waals surface area contributed by atoms with Gasteiger partial charge in [0, 0.05) is 40.7 Å². The van der Waals surface area contributed by atoms with E-state index in [1.807, 2.05) is 6.92 Å². The Morgan fingerprint density at radius 1 is 1.73 bits per heavy atom. The average molecular weight is 229 g/mol. The topological polar surface area (TPSA) is 88.0 Å². The van der Waals surface area contributed by atoms with Gasteiger partial charge in [-0.05, 0) is 13.0 Å². The van der Waals surface area contributed by atoms with Gasteiger partial charge >= 0.3 is 0 Å². The number of carbonyl (C=O) groups is 1. The molecule has 0 saturated heterocycles. The number of hydrogen-bond acceptors (Lipinski definition) is 3. The number of aromatic amines is 1. The molecule has 0 aliphatic rings. The smallest absolute Gasteiger partial charge is 0.267 e. The molecule has 5 nitrogen and oxygen atoms in total. The first-order chi connectivity index (χ1) is 7.00. The average Bonchev–Trinajstić information content (AvgIpc) is 2.60. The van der Waals surface area contributed by atoms with E-state index >= 15 is 0 Å². The molecule has 1 aromatic rings. The molecule has 1 aromatic heterocycles. The van der Waals surface area contributed by atoms with Crippen LogP contribution in [0.4, 0.5) is 5.69 Å². The van der Waals surface area contributed by atoms with Crippen LogP contribution in [0.25, 0.3) is 0 Å². The molecule has 0 bridgehead atoms. The minimum absolute atomic E-state index is 0.0544. The molecule has 0 aliphatic heterocycles. The first kappa shape index (κ1) is 11.8.